The van der Waals surface area contributed by atoms with Crippen molar-refractivity contribution in [3.8, 4) is 0 Å². The van der Waals surface area contributed by atoms with Gasteiger partial charge in [-0.1, -0.05) is 324 Å². The van der Waals surface area contributed by atoms with E-state index in [1.165, 1.54) is 225 Å². The number of esters is 3. The number of hydrogen-bond donors (Lipinski definition) is 0. The van der Waals surface area contributed by atoms with Gasteiger partial charge in [-0.3, -0.25) is 14.4 Å². The summed E-state index contributed by atoms with van der Waals surface area (Å²) in [5.41, 5.74) is 0. The quantitative estimate of drug-likeness (QED) is 0.0261. The third-order valence-electron chi connectivity index (χ3n) is 15.9. The van der Waals surface area contributed by atoms with Crippen LogP contribution in [0, 0.1) is 0 Å². The molecule has 1 atom stereocenters. The summed E-state index contributed by atoms with van der Waals surface area (Å²) in [4.78, 5) is 38.4. The Bertz CT molecular complexity index is 1570. The highest BCUT2D eigenvalue weighted by molar-refractivity contribution is 5.71. The van der Waals surface area contributed by atoms with E-state index in [1.807, 2.05) is 0 Å². The van der Waals surface area contributed by atoms with Crippen molar-refractivity contribution in [2.75, 3.05) is 13.2 Å². The van der Waals surface area contributed by atoms with Gasteiger partial charge in [-0.2, -0.15) is 0 Å². The maximum absolute atomic E-state index is 12.9. The van der Waals surface area contributed by atoms with E-state index >= 15 is 0 Å². The van der Waals surface area contributed by atoms with E-state index in [9.17, 15) is 14.4 Å². The monoisotopic (exact) mass is 1160 g/mol. The van der Waals surface area contributed by atoms with Gasteiger partial charge in [-0.05, 0) is 109 Å². The minimum atomic E-state index is -0.784. The third kappa shape index (κ3) is 69.3. The van der Waals surface area contributed by atoms with Crippen LogP contribution in [-0.4, -0.2) is 37.2 Å². The molecule has 0 fully saturated rings. The van der Waals surface area contributed by atoms with Crippen molar-refractivity contribution in [1.82, 2.24) is 0 Å². The van der Waals surface area contributed by atoms with Crippen LogP contribution in [-0.2, 0) is 28.6 Å². The van der Waals surface area contributed by atoms with Gasteiger partial charge in [0.05, 0.1) is 0 Å². The molecule has 0 saturated heterocycles. The molecule has 0 radical (unpaired) electrons. The van der Waals surface area contributed by atoms with Gasteiger partial charge in [0.15, 0.2) is 6.10 Å². The second-order valence-electron chi connectivity index (χ2n) is 24.1. The van der Waals surface area contributed by atoms with E-state index in [2.05, 4.69) is 106 Å². The first kappa shape index (κ1) is 79.6. The third-order valence-corrected chi connectivity index (χ3v) is 15.9. The fourth-order valence-electron chi connectivity index (χ4n) is 10.4. The first-order chi connectivity index (χ1) is 41.0. The molecule has 0 amide bonds. The standard InChI is InChI=1S/C77H136O6/c1-4-7-10-13-16-19-22-24-26-28-30-32-34-36-37-38-39-41-42-44-46-48-50-52-55-58-61-64-67-70-76(79)82-73-74(72-81-75(78)69-66-63-60-57-54-21-18-15-12-9-6-3)83-77(80)71-68-65-62-59-56-53-51-49-47-45-43-40-35-33-31-29-27-25-23-20-17-14-11-8-5-2/h8,11,15,17-18,20,25,27-28,30-31,33,40,43,74H,4-7,9-10,12-14,16,19,21-24,26,29,32,34-39,41-42,44-73H2,1-3H3/b11-8-,18-15-,20-17-,27-25-,30-28-,33-31-,43-40-. The molecule has 6 heteroatoms. The molecule has 0 spiro atoms. The molecule has 1 unspecified atom stereocenters. The van der Waals surface area contributed by atoms with Crippen molar-refractivity contribution in [2.24, 2.45) is 0 Å². The Balaban J connectivity index is 4.19. The Morgan fingerprint density at radius 3 is 0.783 bits per heavy atom. The van der Waals surface area contributed by atoms with Gasteiger partial charge >= 0.3 is 17.9 Å². The fourth-order valence-corrected chi connectivity index (χ4v) is 10.4. The minimum absolute atomic E-state index is 0.0786. The van der Waals surface area contributed by atoms with Crippen molar-refractivity contribution in [1.29, 1.82) is 0 Å². The Kier molecular flexibility index (Phi) is 68.2. The number of carbonyl (C=O) groups is 3. The van der Waals surface area contributed by atoms with Crippen LogP contribution in [0.25, 0.3) is 0 Å². The topological polar surface area (TPSA) is 78.9 Å². The molecule has 0 aromatic rings. The smallest absolute Gasteiger partial charge is 0.306 e. The number of unbranched alkanes of at least 4 members (excludes halogenated alkanes) is 41. The zero-order chi connectivity index (χ0) is 59.9. The number of rotatable bonds is 66. The first-order valence-electron chi connectivity index (χ1n) is 36.1. The van der Waals surface area contributed by atoms with E-state index in [1.54, 1.807) is 0 Å². The van der Waals surface area contributed by atoms with Gasteiger partial charge in [0.2, 0.25) is 0 Å². The van der Waals surface area contributed by atoms with Gasteiger partial charge in [-0.25, -0.2) is 0 Å². The van der Waals surface area contributed by atoms with E-state index in [-0.39, 0.29) is 31.1 Å². The van der Waals surface area contributed by atoms with Crippen LogP contribution in [0.15, 0.2) is 85.1 Å². The molecule has 0 heterocycles. The summed E-state index contributed by atoms with van der Waals surface area (Å²) < 4.78 is 17.0. The van der Waals surface area contributed by atoms with Crippen LogP contribution in [0.4, 0.5) is 0 Å². The molecule has 0 aliphatic carbocycles. The summed E-state index contributed by atoms with van der Waals surface area (Å²) in [6.45, 7) is 6.52. The average Bonchev–Trinajstić information content (AvgIpc) is 3.48. The lowest BCUT2D eigenvalue weighted by Crippen LogP contribution is -2.30. The molecule has 0 bridgehead atoms. The van der Waals surface area contributed by atoms with E-state index in [4.69, 9.17) is 14.2 Å². The Morgan fingerprint density at radius 1 is 0.253 bits per heavy atom. The van der Waals surface area contributed by atoms with Crippen LogP contribution in [0.3, 0.4) is 0 Å². The summed E-state index contributed by atoms with van der Waals surface area (Å²) in [5, 5.41) is 0. The number of allylic oxidation sites excluding steroid dienone is 14. The van der Waals surface area contributed by atoms with E-state index < -0.39 is 6.10 Å². The summed E-state index contributed by atoms with van der Waals surface area (Å²) in [5.74, 6) is -0.878. The van der Waals surface area contributed by atoms with Crippen LogP contribution in [0.5, 0.6) is 0 Å². The molecule has 6 nitrogen and oxygen atoms in total. The van der Waals surface area contributed by atoms with E-state index in [0.717, 1.165) is 103 Å². The maximum atomic E-state index is 12.9. The molecular formula is C77H136O6. The van der Waals surface area contributed by atoms with Crippen LogP contribution >= 0.6 is 0 Å². The van der Waals surface area contributed by atoms with Crippen LogP contribution in [0.2, 0.25) is 0 Å². The lowest BCUT2D eigenvalue weighted by atomic mass is 10.0. The molecular weight excluding hydrogens is 1020 g/mol. The second-order valence-corrected chi connectivity index (χ2v) is 24.1. The zero-order valence-corrected chi connectivity index (χ0v) is 55.2. The molecule has 0 aliphatic heterocycles. The highest BCUT2D eigenvalue weighted by Gasteiger charge is 2.19. The van der Waals surface area contributed by atoms with Crippen LogP contribution < -0.4 is 0 Å². The molecule has 0 aromatic carbocycles. The summed E-state index contributed by atoms with van der Waals surface area (Å²) >= 11 is 0. The molecule has 0 rings (SSSR count). The van der Waals surface area contributed by atoms with Gasteiger partial charge in [0.25, 0.3) is 0 Å². The number of ether oxygens (including phenoxy) is 3. The summed E-state index contributed by atoms with van der Waals surface area (Å²) in [7, 11) is 0. The van der Waals surface area contributed by atoms with Gasteiger partial charge in [0, 0.05) is 19.3 Å². The summed E-state index contributed by atoms with van der Waals surface area (Å²) in [6.07, 6.45) is 94.8. The normalized spacial score (nSPS) is 12.6. The molecule has 0 aromatic heterocycles. The van der Waals surface area contributed by atoms with Gasteiger partial charge in [-0.15, -0.1) is 0 Å². The molecule has 0 aliphatic rings. The average molecular weight is 1160 g/mol. The Morgan fingerprint density at radius 2 is 0.482 bits per heavy atom. The summed E-state index contributed by atoms with van der Waals surface area (Å²) in [6, 6.07) is 0. The zero-order valence-electron chi connectivity index (χ0n) is 55.2. The molecule has 0 saturated carbocycles. The minimum Gasteiger partial charge on any atom is -0.462 e. The number of carbonyl (C=O) groups excluding carboxylic acids is 3. The van der Waals surface area contributed by atoms with Crippen molar-refractivity contribution in [2.45, 2.75) is 374 Å². The van der Waals surface area contributed by atoms with Gasteiger partial charge in [0.1, 0.15) is 13.2 Å². The van der Waals surface area contributed by atoms with Gasteiger partial charge < -0.3 is 14.2 Å². The fraction of sp³-hybridized carbons (Fsp3) is 0.779. The predicted molar refractivity (Wildman–Crippen MR) is 362 cm³/mol. The highest BCUT2D eigenvalue weighted by Crippen LogP contribution is 2.18. The number of hydrogen-bond acceptors (Lipinski definition) is 6. The first-order valence-corrected chi connectivity index (χ1v) is 36.1. The van der Waals surface area contributed by atoms with Crippen LogP contribution in [0.1, 0.15) is 367 Å². The highest BCUT2D eigenvalue weighted by atomic mass is 16.6. The SMILES string of the molecule is CC/C=C\C/C=C\C/C=C\C/C=C\C/C=C\CCCCCCCCCCCC(=O)OC(COC(=O)CCCCCCC/C=C\CCCC)COC(=O)CCCCCCCCCCCCCCCCCCC/C=C\CCCCCCCCCC. The van der Waals surface area contributed by atoms with Crippen molar-refractivity contribution >= 4 is 17.9 Å². The van der Waals surface area contributed by atoms with E-state index in [0.29, 0.717) is 19.3 Å². The second kappa shape index (κ2) is 71.1. The Labute approximate surface area is 515 Å². The molecule has 480 valence electrons. The molecule has 0 N–H and O–H groups in total. The largest absolute Gasteiger partial charge is 0.462 e. The lowest BCUT2D eigenvalue weighted by Gasteiger charge is -2.18. The van der Waals surface area contributed by atoms with Crippen molar-refractivity contribution in [3.63, 3.8) is 0 Å². The lowest BCUT2D eigenvalue weighted by molar-refractivity contribution is -0.167. The Hall–Kier alpha value is -3.41. The van der Waals surface area contributed by atoms with Crippen molar-refractivity contribution < 1.29 is 28.6 Å². The maximum Gasteiger partial charge on any atom is 0.306 e. The molecule has 83 heavy (non-hydrogen) atoms. The van der Waals surface area contributed by atoms with Crippen molar-refractivity contribution in [3.05, 3.63) is 85.1 Å². The predicted octanol–water partition coefficient (Wildman–Crippen LogP) is 25.0.